The van der Waals surface area contributed by atoms with Gasteiger partial charge in [-0.25, -0.2) is 0 Å². The Bertz CT molecular complexity index is 746. The molecule has 5 nitrogen and oxygen atoms in total. The molecule has 1 heterocycles. The number of hydrogen-bond donors (Lipinski definition) is 2. The molecule has 1 aliphatic heterocycles. The van der Waals surface area contributed by atoms with Gasteiger partial charge in [0.15, 0.2) is 6.10 Å². The predicted molar refractivity (Wildman–Crippen MR) is 92.3 cm³/mol. The Morgan fingerprint density at radius 1 is 1.17 bits per heavy atom. The summed E-state index contributed by atoms with van der Waals surface area (Å²) >= 11 is 5.83. The van der Waals surface area contributed by atoms with Gasteiger partial charge in [0, 0.05) is 11.6 Å². The number of fused-ring (bicyclic) bond motifs is 1. The number of anilines is 1. The first kappa shape index (κ1) is 16.3. The van der Waals surface area contributed by atoms with E-state index in [4.69, 9.17) is 16.3 Å². The molecule has 0 saturated heterocycles. The van der Waals surface area contributed by atoms with E-state index in [2.05, 4.69) is 10.6 Å². The van der Waals surface area contributed by atoms with Crippen LogP contribution in [-0.4, -0.2) is 24.5 Å². The van der Waals surface area contributed by atoms with Crippen LogP contribution in [0.15, 0.2) is 48.5 Å². The summed E-state index contributed by atoms with van der Waals surface area (Å²) in [6.45, 7) is 0.491. The third kappa shape index (κ3) is 4.06. The summed E-state index contributed by atoms with van der Waals surface area (Å²) in [4.78, 5) is 24.0. The first-order valence-corrected chi connectivity index (χ1v) is 8.07. The molecule has 1 atom stereocenters. The fourth-order valence-electron chi connectivity index (χ4n) is 2.46. The quantitative estimate of drug-likeness (QED) is 0.876. The second-order valence-corrected chi connectivity index (χ2v) is 5.96. The van der Waals surface area contributed by atoms with Gasteiger partial charge in [0.25, 0.3) is 5.91 Å². The second kappa shape index (κ2) is 7.36. The summed E-state index contributed by atoms with van der Waals surface area (Å²) in [6.07, 6.45) is -0.125. The zero-order chi connectivity index (χ0) is 16.9. The van der Waals surface area contributed by atoms with E-state index in [1.807, 2.05) is 36.4 Å². The molecule has 1 unspecified atom stereocenters. The molecule has 2 aromatic carbocycles. The number of ether oxygens (including phenoxy) is 1. The average Bonchev–Trinajstić information content (AvgIpc) is 2.57. The fraction of sp³-hybridized carbons (Fsp3) is 0.222. The maximum atomic E-state index is 12.0. The van der Waals surface area contributed by atoms with Crippen molar-refractivity contribution in [3.63, 3.8) is 0 Å². The number of hydrogen-bond acceptors (Lipinski definition) is 3. The number of carbonyl (C=O) groups is 2. The lowest BCUT2D eigenvalue weighted by atomic mass is 10.1. The minimum Gasteiger partial charge on any atom is -0.478 e. The van der Waals surface area contributed by atoms with Gasteiger partial charge in [0.2, 0.25) is 5.91 Å². The molecule has 0 aliphatic carbocycles. The summed E-state index contributed by atoms with van der Waals surface area (Å²) in [5, 5.41) is 6.24. The fourth-order valence-corrected chi connectivity index (χ4v) is 2.59. The van der Waals surface area contributed by atoms with Crippen LogP contribution >= 0.6 is 11.6 Å². The molecule has 0 saturated carbocycles. The van der Waals surface area contributed by atoms with E-state index in [1.165, 1.54) is 0 Å². The van der Waals surface area contributed by atoms with Crippen molar-refractivity contribution in [2.24, 2.45) is 0 Å². The molecule has 124 valence electrons. The average molecular weight is 345 g/mol. The van der Waals surface area contributed by atoms with Crippen molar-refractivity contribution in [3.05, 3.63) is 59.1 Å². The van der Waals surface area contributed by atoms with E-state index >= 15 is 0 Å². The number of benzene rings is 2. The molecular weight excluding hydrogens is 328 g/mol. The van der Waals surface area contributed by atoms with Crippen LogP contribution in [-0.2, 0) is 16.0 Å². The largest absolute Gasteiger partial charge is 0.478 e. The number of carbonyl (C=O) groups excluding carboxylic acids is 2. The highest BCUT2D eigenvalue weighted by atomic mass is 35.5. The smallest absolute Gasteiger partial charge is 0.266 e. The van der Waals surface area contributed by atoms with Gasteiger partial charge in [0.05, 0.1) is 12.1 Å². The Balaban J connectivity index is 1.48. The van der Waals surface area contributed by atoms with Gasteiger partial charge >= 0.3 is 0 Å². The van der Waals surface area contributed by atoms with Crippen molar-refractivity contribution in [3.8, 4) is 5.75 Å². The Morgan fingerprint density at radius 3 is 2.71 bits per heavy atom. The van der Waals surface area contributed by atoms with Gasteiger partial charge < -0.3 is 15.4 Å². The first-order chi connectivity index (χ1) is 11.6. The molecule has 2 aromatic rings. The maximum absolute atomic E-state index is 12.0. The predicted octanol–water partition coefficient (Wildman–Crippen LogP) is 2.79. The molecule has 2 amide bonds. The molecule has 1 aliphatic rings. The lowest BCUT2D eigenvalue weighted by molar-refractivity contribution is -0.130. The monoisotopic (exact) mass is 344 g/mol. The van der Waals surface area contributed by atoms with Crippen molar-refractivity contribution in [2.45, 2.75) is 18.9 Å². The van der Waals surface area contributed by atoms with Crippen LogP contribution in [0.3, 0.4) is 0 Å². The highest BCUT2D eigenvalue weighted by Gasteiger charge is 2.29. The standard InChI is InChI=1S/C18H17ClN2O3/c19-13-7-5-12(6-8-13)9-10-20-17(22)11-16-18(23)21-14-3-1-2-4-15(14)24-16/h1-8,16H,9-11H2,(H,20,22)(H,21,23). The highest BCUT2D eigenvalue weighted by Crippen LogP contribution is 2.29. The van der Waals surface area contributed by atoms with E-state index in [0.29, 0.717) is 29.4 Å². The van der Waals surface area contributed by atoms with Gasteiger partial charge in [0.1, 0.15) is 5.75 Å². The van der Waals surface area contributed by atoms with Crippen molar-refractivity contribution in [2.75, 3.05) is 11.9 Å². The summed E-state index contributed by atoms with van der Waals surface area (Å²) in [5.41, 5.74) is 1.71. The van der Waals surface area contributed by atoms with Crippen molar-refractivity contribution in [1.82, 2.24) is 5.32 Å². The van der Waals surface area contributed by atoms with E-state index in [1.54, 1.807) is 12.1 Å². The zero-order valence-corrected chi connectivity index (χ0v) is 13.7. The van der Waals surface area contributed by atoms with E-state index in [-0.39, 0.29) is 18.2 Å². The van der Waals surface area contributed by atoms with E-state index < -0.39 is 6.10 Å². The maximum Gasteiger partial charge on any atom is 0.266 e. The Hall–Kier alpha value is -2.53. The normalized spacial score (nSPS) is 15.9. The molecule has 6 heteroatoms. The molecule has 24 heavy (non-hydrogen) atoms. The van der Waals surface area contributed by atoms with E-state index in [9.17, 15) is 9.59 Å². The lowest BCUT2D eigenvalue weighted by Crippen LogP contribution is -2.41. The number of para-hydroxylation sites is 2. The molecular formula is C18H17ClN2O3. The van der Waals surface area contributed by atoms with Crippen LogP contribution < -0.4 is 15.4 Å². The van der Waals surface area contributed by atoms with Crippen LogP contribution in [0, 0.1) is 0 Å². The third-order valence-corrected chi connectivity index (χ3v) is 3.98. The Kier molecular flexibility index (Phi) is 5.01. The lowest BCUT2D eigenvalue weighted by Gasteiger charge is -2.25. The number of amides is 2. The van der Waals surface area contributed by atoms with Crippen molar-refractivity contribution >= 4 is 29.1 Å². The van der Waals surface area contributed by atoms with Gasteiger partial charge in [-0.1, -0.05) is 35.9 Å². The molecule has 0 bridgehead atoms. The minimum atomic E-state index is -0.810. The Morgan fingerprint density at radius 2 is 1.92 bits per heavy atom. The van der Waals surface area contributed by atoms with Crippen LogP contribution in [0.25, 0.3) is 0 Å². The van der Waals surface area contributed by atoms with Crippen LogP contribution in [0.2, 0.25) is 5.02 Å². The Labute approximate surface area is 145 Å². The first-order valence-electron chi connectivity index (χ1n) is 7.69. The van der Waals surface area contributed by atoms with Crippen molar-refractivity contribution in [1.29, 1.82) is 0 Å². The molecule has 0 fully saturated rings. The molecule has 2 N–H and O–H groups in total. The van der Waals surface area contributed by atoms with Crippen LogP contribution in [0.5, 0.6) is 5.75 Å². The summed E-state index contributed by atoms with van der Waals surface area (Å²) in [5.74, 6) is 0.0566. The van der Waals surface area contributed by atoms with Gasteiger partial charge in [-0.15, -0.1) is 0 Å². The molecule has 0 aromatic heterocycles. The van der Waals surface area contributed by atoms with Crippen LogP contribution in [0.4, 0.5) is 5.69 Å². The zero-order valence-electron chi connectivity index (χ0n) is 12.9. The van der Waals surface area contributed by atoms with Gasteiger partial charge in [-0.2, -0.15) is 0 Å². The third-order valence-electron chi connectivity index (χ3n) is 3.73. The number of rotatable bonds is 5. The minimum absolute atomic E-state index is 0.0131. The van der Waals surface area contributed by atoms with Gasteiger partial charge in [-0.05, 0) is 36.2 Å². The topological polar surface area (TPSA) is 67.4 Å². The van der Waals surface area contributed by atoms with Gasteiger partial charge in [-0.3, -0.25) is 9.59 Å². The highest BCUT2D eigenvalue weighted by molar-refractivity contribution is 6.30. The summed E-state index contributed by atoms with van der Waals surface area (Å²) < 4.78 is 5.61. The summed E-state index contributed by atoms with van der Waals surface area (Å²) in [7, 11) is 0. The van der Waals surface area contributed by atoms with Crippen molar-refractivity contribution < 1.29 is 14.3 Å². The SMILES string of the molecule is O=C(CC1Oc2ccccc2NC1=O)NCCc1ccc(Cl)cc1. The molecule has 0 spiro atoms. The molecule has 0 radical (unpaired) electrons. The molecule has 3 rings (SSSR count). The van der Waals surface area contributed by atoms with E-state index in [0.717, 1.165) is 5.56 Å². The second-order valence-electron chi connectivity index (χ2n) is 5.52. The number of nitrogens with one attached hydrogen (secondary N) is 2. The summed E-state index contributed by atoms with van der Waals surface area (Å²) in [6, 6.07) is 14.6. The van der Waals surface area contributed by atoms with Crippen LogP contribution in [0.1, 0.15) is 12.0 Å². The number of halogens is 1.